The van der Waals surface area contributed by atoms with Crippen LogP contribution in [0.15, 0.2) is 57.9 Å². The molecule has 0 atom stereocenters. The molecule has 1 saturated heterocycles. The van der Waals surface area contributed by atoms with Gasteiger partial charge >= 0.3 is 6.18 Å². The van der Waals surface area contributed by atoms with Crippen molar-refractivity contribution in [3.63, 3.8) is 0 Å². The lowest BCUT2D eigenvalue weighted by molar-refractivity contribution is -0.127. The largest absolute Gasteiger partial charge is 0.494 e. The van der Waals surface area contributed by atoms with Crippen LogP contribution >= 0.6 is 0 Å². The molecule has 1 fully saturated rings. The second kappa shape index (κ2) is 13.2. The summed E-state index contributed by atoms with van der Waals surface area (Å²) in [5.74, 6) is 0.274. The van der Waals surface area contributed by atoms with Crippen LogP contribution in [0.4, 0.5) is 13.2 Å². The van der Waals surface area contributed by atoms with Gasteiger partial charge in [-0.1, -0.05) is 42.8 Å². The summed E-state index contributed by atoms with van der Waals surface area (Å²) in [7, 11) is -4.01. The van der Waals surface area contributed by atoms with Gasteiger partial charge in [-0.05, 0) is 62.1 Å². The number of amides is 1. The number of halogens is 3. The Kier molecular flexibility index (Phi) is 9.93. The van der Waals surface area contributed by atoms with E-state index in [1.807, 2.05) is 0 Å². The predicted octanol–water partition coefficient (Wildman–Crippen LogP) is 4.75. The van der Waals surface area contributed by atoms with Gasteiger partial charge in [0.1, 0.15) is 5.75 Å². The number of rotatable bonds is 13. The molecular formula is C29H35F3N4O5S. The molecule has 0 aliphatic carbocycles. The van der Waals surface area contributed by atoms with Gasteiger partial charge in [-0.3, -0.25) is 4.79 Å². The number of primary amides is 1. The molecule has 228 valence electrons. The number of aryl methyl sites for hydroxylation is 1. The molecule has 9 nitrogen and oxygen atoms in total. The first-order valence-electron chi connectivity index (χ1n) is 13.9. The lowest BCUT2D eigenvalue weighted by atomic mass is 9.95. The summed E-state index contributed by atoms with van der Waals surface area (Å²) >= 11 is 0. The number of carbonyl (C=O) groups is 1. The summed E-state index contributed by atoms with van der Waals surface area (Å²) in [4.78, 5) is 19.0. The molecule has 2 heterocycles. The van der Waals surface area contributed by atoms with Crippen LogP contribution in [0, 0.1) is 0 Å². The van der Waals surface area contributed by atoms with Crippen molar-refractivity contribution in [2.24, 2.45) is 5.73 Å². The molecular weight excluding hydrogens is 573 g/mol. The number of carbonyl (C=O) groups excluding carboxylic acids is 1. The molecule has 1 aliphatic heterocycles. The topological polar surface area (TPSA) is 129 Å². The third-order valence-electron chi connectivity index (χ3n) is 7.48. The fraction of sp³-hybridized carbons (Fsp3) is 0.483. The van der Waals surface area contributed by atoms with E-state index in [4.69, 9.17) is 15.0 Å². The van der Waals surface area contributed by atoms with Gasteiger partial charge in [0.15, 0.2) is 14.6 Å². The molecule has 4 rings (SSSR count). The van der Waals surface area contributed by atoms with Crippen molar-refractivity contribution in [2.45, 2.75) is 67.7 Å². The number of hydrogen-bond donors (Lipinski definition) is 1. The summed E-state index contributed by atoms with van der Waals surface area (Å²) in [6.07, 6.45) is -1.99. The zero-order valence-corrected chi connectivity index (χ0v) is 24.2. The number of unbranched alkanes of at least 4 members (excludes halogenated alkanes) is 1. The van der Waals surface area contributed by atoms with E-state index in [-0.39, 0.29) is 35.7 Å². The van der Waals surface area contributed by atoms with E-state index in [2.05, 4.69) is 22.0 Å². The summed E-state index contributed by atoms with van der Waals surface area (Å²) in [6, 6.07) is 11.8. The minimum atomic E-state index is -4.28. The van der Waals surface area contributed by atoms with Gasteiger partial charge < -0.3 is 19.9 Å². The number of alkyl halides is 3. The van der Waals surface area contributed by atoms with E-state index in [1.54, 1.807) is 12.1 Å². The Morgan fingerprint density at radius 1 is 1.07 bits per heavy atom. The number of nitrogens with two attached hydrogens (primary N) is 1. The minimum absolute atomic E-state index is 0.0282. The van der Waals surface area contributed by atoms with Crippen molar-refractivity contribution in [3.05, 3.63) is 60.0 Å². The maximum absolute atomic E-state index is 13.5. The van der Waals surface area contributed by atoms with Crippen LogP contribution in [-0.4, -0.2) is 66.5 Å². The highest BCUT2D eigenvalue weighted by molar-refractivity contribution is 7.93. The summed E-state index contributed by atoms with van der Waals surface area (Å²) < 4.78 is 74.1. The average Bonchev–Trinajstić information content (AvgIpc) is 3.43. The van der Waals surface area contributed by atoms with Gasteiger partial charge in [0, 0.05) is 25.1 Å². The monoisotopic (exact) mass is 608 g/mol. The number of nitrogens with zero attached hydrogens (tertiary/aromatic N) is 3. The average molecular weight is 609 g/mol. The van der Waals surface area contributed by atoms with Gasteiger partial charge in [-0.15, -0.1) is 0 Å². The second-order valence-corrected chi connectivity index (χ2v) is 12.7. The standard InChI is InChI=1S/C29H35F3N4O5S/c1-2-3-16-36-17-14-28(15-18-36,27(33)37)42(38,39)24-12-10-23(11-13-24)40-19-4-5-25-34-26(35-41-25)22-8-6-21(7-9-22)20-29(30,31)32/h6-13H,2-5,14-20H2,1H3,(H2,33,37). The highest BCUT2D eigenvalue weighted by atomic mass is 32.2. The number of likely N-dealkylation sites (tertiary alicyclic amines) is 1. The molecule has 13 heteroatoms. The predicted molar refractivity (Wildman–Crippen MR) is 149 cm³/mol. The Hall–Kier alpha value is -3.45. The molecule has 1 aromatic heterocycles. The van der Waals surface area contributed by atoms with E-state index in [1.165, 1.54) is 36.4 Å². The van der Waals surface area contributed by atoms with Crippen LogP contribution < -0.4 is 10.5 Å². The van der Waals surface area contributed by atoms with Crippen molar-refractivity contribution in [1.82, 2.24) is 15.0 Å². The van der Waals surface area contributed by atoms with Gasteiger partial charge in [0.05, 0.1) is 17.9 Å². The lowest BCUT2D eigenvalue weighted by Gasteiger charge is -2.39. The lowest BCUT2D eigenvalue weighted by Crippen LogP contribution is -2.57. The Labute approximate surface area is 243 Å². The number of aromatic nitrogens is 2. The summed E-state index contributed by atoms with van der Waals surface area (Å²) in [6.45, 7) is 4.25. The van der Waals surface area contributed by atoms with E-state index in [9.17, 15) is 26.4 Å². The zero-order chi connectivity index (χ0) is 30.4. The summed E-state index contributed by atoms with van der Waals surface area (Å²) in [5.41, 5.74) is 6.37. The Balaban J connectivity index is 1.29. The van der Waals surface area contributed by atoms with E-state index < -0.39 is 33.1 Å². The highest BCUT2D eigenvalue weighted by Gasteiger charge is 2.51. The molecule has 0 unspecified atom stereocenters. The fourth-order valence-electron chi connectivity index (χ4n) is 5.00. The summed E-state index contributed by atoms with van der Waals surface area (Å²) in [5, 5.41) is 3.89. The van der Waals surface area contributed by atoms with Crippen LogP contribution in [0.2, 0.25) is 0 Å². The number of ether oxygens (including phenoxy) is 1. The smallest absolute Gasteiger partial charge is 0.393 e. The fourth-order valence-corrected chi connectivity index (χ4v) is 6.93. The van der Waals surface area contributed by atoms with Crippen LogP contribution in [0.1, 0.15) is 50.5 Å². The zero-order valence-electron chi connectivity index (χ0n) is 23.4. The molecule has 0 spiro atoms. The van der Waals surface area contributed by atoms with Gasteiger partial charge in [-0.2, -0.15) is 18.2 Å². The van der Waals surface area contributed by atoms with Gasteiger partial charge in [-0.25, -0.2) is 8.42 Å². The van der Waals surface area contributed by atoms with Crippen molar-refractivity contribution < 1.29 is 35.6 Å². The van der Waals surface area contributed by atoms with Gasteiger partial charge in [0.2, 0.25) is 17.6 Å². The molecule has 0 saturated carbocycles. The molecule has 3 aromatic rings. The number of benzene rings is 2. The molecule has 0 bridgehead atoms. The second-order valence-electron chi connectivity index (χ2n) is 10.5. The first-order valence-corrected chi connectivity index (χ1v) is 15.4. The van der Waals surface area contributed by atoms with Crippen LogP contribution in [-0.2, 0) is 27.5 Å². The maximum Gasteiger partial charge on any atom is 0.393 e. The van der Waals surface area contributed by atoms with Gasteiger partial charge in [0.25, 0.3) is 0 Å². The molecule has 0 radical (unpaired) electrons. The molecule has 1 aliphatic rings. The van der Waals surface area contributed by atoms with E-state index >= 15 is 0 Å². The minimum Gasteiger partial charge on any atom is -0.494 e. The van der Waals surface area contributed by atoms with Crippen LogP contribution in [0.3, 0.4) is 0 Å². The Bertz CT molecular complexity index is 1430. The number of sulfone groups is 1. The third-order valence-corrected chi connectivity index (χ3v) is 10.0. The van der Waals surface area contributed by atoms with Crippen molar-refractivity contribution in [1.29, 1.82) is 0 Å². The maximum atomic E-state index is 13.5. The van der Waals surface area contributed by atoms with E-state index in [0.717, 1.165) is 19.4 Å². The Morgan fingerprint density at radius 2 is 1.74 bits per heavy atom. The number of hydrogen-bond acceptors (Lipinski definition) is 8. The normalized spacial score (nSPS) is 15.9. The molecule has 42 heavy (non-hydrogen) atoms. The van der Waals surface area contributed by atoms with Crippen molar-refractivity contribution in [2.75, 3.05) is 26.2 Å². The highest BCUT2D eigenvalue weighted by Crippen LogP contribution is 2.36. The number of piperidine rings is 1. The first-order chi connectivity index (χ1) is 19.9. The molecule has 2 N–H and O–H groups in total. The van der Waals surface area contributed by atoms with Crippen molar-refractivity contribution in [3.8, 4) is 17.1 Å². The van der Waals surface area contributed by atoms with Crippen molar-refractivity contribution >= 4 is 15.7 Å². The van der Waals surface area contributed by atoms with E-state index in [0.29, 0.717) is 43.1 Å². The molecule has 2 aromatic carbocycles. The first kappa shape index (κ1) is 31.5. The quantitative estimate of drug-likeness (QED) is 0.276. The Morgan fingerprint density at radius 3 is 2.33 bits per heavy atom. The van der Waals surface area contributed by atoms with Crippen LogP contribution in [0.5, 0.6) is 5.75 Å². The third kappa shape index (κ3) is 7.49. The molecule has 1 amide bonds. The SMILES string of the molecule is CCCCN1CCC(C(N)=O)(S(=O)(=O)c2ccc(OCCCc3nc(-c4ccc(CC(F)(F)F)cc4)no3)cc2)CC1. The van der Waals surface area contributed by atoms with Crippen LogP contribution in [0.25, 0.3) is 11.4 Å².